The highest BCUT2D eigenvalue weighted by molar-refractivity contribution is 7.89. The number of aromatic nitrogens is 3. The maximum Gasteiger partial charge on any atom is 0.350 e. The quantitative estimate of drug-likeness (QED) is 0.646. The summed E-state index contributed by atoms with van der Waals surface area (Å²) in [6.45, 7) is 3.88. The van der Waals surface area contributed by atoms with E-state index in [1.807, 2.05) is 43.3 Å². The molecule has 1 N–H and O–H groups in total. The topological polar surface area (TPSA) is 86.0 Å². The molecule has 0 spiro atoms. The number of para-hydroxylation sites is 1. The first-order valence-corrected chi connectivity index (χ1v) is 11.2. The fourth-order valence-corrected chi connectivity index (χ4v) is 4.70. The van der Waals surface area contributed by atoms with Gasteiger partial charge in [0, 0.05) is 12.5 Å². The molecule has 0 radical (unpaired) electrons. The molecule has 1 saturated carbocycles. The van der Waals surface area contributed by atoms with E-state index in [1.165, 1.54) is 4.68 Å². The SMILES string of the molecule is Cc1ccc(C)c(S(=O)(=O)NCCn2nc(C3CC3)n(-c3ccccc3)c2=O)c1. The van der Waals surface area contributed by atoms with Gasteiger partial charge in [0.2, 0.25) is 10.0 Å². The number of hydrogen-bond donors (Lipinski definition) is 1. The molecule has 29 heavy (non-hydrogen) atoms. The predicted octanol–water partition coefficient (Wildman–Crippen LogP) is 2.51. The number of hydrogen-bond acceptors (Lipinski definition) is 4. The standard InChI is InChI=1S/C21H24N4O3S/c1-15-8-9-16(2)19(14-15)29(27,28)22-12-13-24-21(26)25(18-6-4-3-5-7-18)20(23-24)17-10-11-17/h3-9,14,17,22H,10-13H2,1-2H3. The van der Waals surface area contributed by atoms with Crippen LogP contribution in [-0.2, 0) is 16.6 Å². The van der Waals surface area contributed by atoms with E-state index in [2.05, 4.69) is 9.82 Å². The van der Waals surface area contributed by atoms with E-state index >= 15 is 0 Å². The second-order valence-corrected chi connectivity index (χ2v) is 9.21. The molecular weight excluding hydrogens is 388 g/mol. The second kappa shape index (κ2) is 7.61. The molecule has 8 heteroatoms. The molecule has 1 aliphatic carbocycles. The molecule has 7 nitrogen and oxygen atoms in total. The van der Waals surface area contributed by atoms with Gasteiger partial charge in [0.15, 0.2) is 0 Å². The molecule has 3 aromatic rings. The Kier molecular flexibility index (Phi) is 5.14. The lowest BCUT2D eigenvalue weighted by Crippen LogP contribution is -2.32. The third-order valence-electron chi connectivity index (χ3n) is 5.07. The summed E-state index contributed by atoms with van der Waals surface area (Å²) in [5.41, 5.74) is 2.10. The summed E-state index contributed by atoms with van der Waals surface area (Å²) in [5, 5.41) is 4.50. The van der Waals surface area contributed by atoms with Crippen LogP contribution < -0.4 is 10.4 Å². The van der Waals surface area contributed by atoms with Crippen molar-refractivity contribution in [3.05, 3.63) is 76.0 Å². The lowest BCUT2D eigenvalue weighted by atomic mass is 10.2. The van der Waals surface area contributed by atoms with Crippen molar-refractivity contribution in [2.24, 2.45) is 0 Å². The van der Waals surface area contributed by atoms with Gasteiger partial charge >= 0.3 is 5.69 Å². The van der Waals surface area contributed by atoms with Crippen molar-refractivity contribution in [3.8, 4) is 5.69 Å². The van der Waals surface area contributed by atoms with E-state index in [0.717, 1.165) is 29.9 Å². The van der Waals surface area contributed by atoms with Crippen LogP contribution in [0.4, 0.5) is 0 Å². The van der Waals surface area contributed by atoms with Gasteiger partial charge in [-0.15, -0.1) is 0 Å². The second-order valence-electron chi connectivity index (χ2n) is 7.48. The van der Waals surface area contributed by atoms with E-state index in [1.54, 1.807) is 23.6 Å². The van der Waals surface area contributed by atoms with Crippen molar-refractivity contribution in [1.82, 2.24) is 19.1 Å². The third kappa shape index (κ3) is 4.04. The molecule has 4 rings (SSSR count). The summed E-state index contributed by atoms with van der Waals surface area (Å²) in [7, 11) is -3.66. The van der Waals surface area contributed by atoms with E-state index < -0.39 is 10.0 Å². The van der Waals surface area contributed by atoms with Crippen molar-refractivity contribution in [3.63, 3.8) is 0 Å². The zero-order valence-corrected chi connectivity index (χ0v) is 17.3. The highest BCUT2D eigenvalue weighted by Gasteiger charge is 2.31. The van der Waals surface area contributed by atoms with E-state index in [9.17, 15) is 13.2 Å². The Labute approximate surface area is 170 Å². The lowest BCUT2D eigenvalue weighted by Gasteiger charge is -2.10. The van der Waals surface area contributed by atoms with E-state index in [0.29, 0.717) is 5.56 Å². The van der Waals surface area contributed by atoms with Gasteiger partial charge in [0.1, 0.15) is 5.82 Å². The Bertz CT molecular complexity index is 1190. The van der Waals surface area contributed by atoms with Gasteiger partial charge in [-0.1, -0.05) is 30.3 Å². The number of nitrogens with zero attached hydrogens (tertiary/aromatic N) is 3. The molecule has 1 aliphatic rings. The Hall–Kier alpha value is -2.71. The Morgan fingerprint density at radius 2 is 1.83 bits per heavy atom. The van der Waals surface area contributed by atoms with Gasteiger partial charge < -0.3 is 0 Å². The molecule has 0 unspecified atom stereocenters. The molecular formula is C21H24N4O3S. The number of aryl methyl sites for hydroxylation is 2. The summed E-state index contributed by atoms with van der Waals surface area (Å²) in [6.07, 6.45) is 2.03. The Morgan fingerprint density at radius 3 is 2.52 bits per heavy atom. The fourth-order valence-electron chi connectivity index (χ4n) is 3.36. The number of benzene rings is 2. The Morgan fingerprint density at radius 1 is 1.10 bits per heavy atom. The van der Waals surface area contributed by atoms with Crippen LogP contribution in [0.25, 0.3) is 5.69 Å². The maximum absolute atomic E-state index is 12.9. The summed E-state index contributed by atoms with van der Waals surface area (Å²) in [4.78, 5) is 13.2. The van der Waals surface area contributed by atoms with Crippen molar-refractivity contribution >= 4 is 10.0 Å². The van der Waals surface area contributed by atoms with Gasteiger partial charge in [-0.3, -0.25) is 0 Å². The molecule has 0 aliphatic heterocycles. The minimum Gasteiger partial charge on any atom is -0.247 e. The lowest BCUT2D eigenvalue weighted by molar-refractivity contribution is 0.550. The third-order valence-corrected chi connectivity index (χ3v) is 6.67. The van der Waals surface area contributed by atoms with Crippen LogP contribution in [0.5, 0.6) is 0 Å². The highest BCUT2D eigenvalue weighted by atomic mass is 32.2. The molecule has 0 bridgehead atoms. The first-order valence-electron chi connectivity index (χ1n) is 9.69. The van der Waals surface area contributed by atoms with Crippen LogP contribution in [0.15, 0.2) is 58.2 Å². The number of nitrogens with one attached hydrogen (secondary N) is 1. The van der Waals surface area contributed by atoms with Crippen LogP contribution in [0.3, 0.4) is 0 Å². The molecule has 0 saturated heterocycles. The van der Waals surface area contributed by atoms with Crippen molar-refractivity contribution in [2.45, 2.75) is 44.0 Å². The normalized spacial score (nSPS) is 14.3. The summed E-state index contributed by atoms with van der Waals surface area (Å²) in [5.74, 6) is 1.04. The minimum atomic E-state index is -3.66. The van der Waals surface area contributed by atoms with Crippen LogP contribution in [0.1, 0.15) is 35.7 Å². The smallest absolute Gasteiger partial charge is 0.247 e. The van der Waals surface area contributed by atoms with Gasteiger partial charge in [-0.05, 0) is 56.0 Å². The summed E-state index contributed by atoms with van der Waals surface area (Å²) < 4.78 is 30.9. The van der Waals surface area contributed by atoms with Gasteiger partial charge in [-0.2, -0.15) is 5.10 Å². The molecule has 152 valence electrons. The molecule has 1 fully saturated rings. The zero-order valence-electron chi connectivity index (χ0n) is 16.5. The monoisotopic (exact) mass is 412 g/mol. The molecule has 1 heterocycles. The van der Waals surface area contributed by atoms with Crippen LogP contribution in [-0.4, -0.2) is 29.3 Å². The highest BCUT2D eigenvalue weighted by Crippen LogP contribution is 2.39. The fraction of sp³-hybridized carbons (Fsp3) is 0.333. The van der Waals surface area contributed by atoms with Crippen LogP contribution >= 0.6 is 0 Å². The molecule has 2 aromatic carbocycles. The van der Waals surface area contributed by atoms with Crippen LogP contribution in [0.2, 0.25) is 0 Å². The van der Waals surface area contributed by atoms with Gasteiger partial charge in [0.05, 0.1) is 17.1 Å². The maximum atomic E-state index is 12.9. The van der Waals surface area contributed by atoms with E-state index in [-0.39, 0.29) is 29.6 Å². The molecule has 1 aromatic heterocycles. The average molecular weight is 413 g/mol. The van der Waals surface area contributed by atoms with Gasteiger partial charge in [0.25, 0.3) is 0 Å². The predicted molar refractivity (Wildman–Crippen MR) is 111 cm³/mol. The molecule has 0 atom stereocenters. The van der Waals surface area contributed by atoms with Gasteiger partial charge in [-0.25, -0.2) is 27.2 Å². The van der Waals surface area contributed by atoms with Crippen molar-refractivity contribution < 1.29 is 8.42 Å². The number of rotatable bonds is 7. The minimum absolute atomic E-state index is 0.0888. The number of sulfonamides is 1. The summed E-state index contributed by atoms with van der Waals surface area (Å²) in [6, 6.07) is 14.7. The first-order chi connectivity index (χ1) is 13.9. The van der Waals surface area contributed by atoms with Crippen LogP contribution in [0, 0.1) is 13.8 Å². The Balaban J connectivity index is 1.55. The largest absolute Gasteiger partial charge is 0.350 e. The zero-order chi connectivity index (χ0) is 20.6. The van der Waals surface area contributed by atoms with Crippen molar-refractivity contribution in [1.29, 1.82) is 0 Å². The van der Waals surface area contributed by atoms with Crippen molar-refractivity contribution in [2.75, 3.05) is 6.54 Å². The first kappa shape index (κ1) is 19.6. The summed E-state index contributed by atoms with van der Waals surface area (Å²) >= 11 is 0. The molecule has 0 amide bonds. The average Bonchev–Trinajstić information content (AvgIpc) is 3.49. The van der Waals surface area contributed by atoms with E-state index in [4.69, 9.17) is 0 Å².